The molecule has 0 aliphatic carbocycles. The molecule has 64 valence electrons. The second-order valence-electron chi connectivity index (χ2n) is 2.56. The summed E-state index contributed by atoms with van der Waals surface area (Å²) < 4.78 is 5.05. The molecular weight excluding hydrogens is 250 g/mol. The first-order chi connectivity index (χ1) is 6.22. The van der Waals surface area contributed by atoms with Crippen LogP contribution in [0.25, 0.3) is 11.0 Å². The molecule has 0 saturated heterocycles. The zero-order chi connectivity index (χ0) is 9.42. The second kappa shape index (κ2) is 3.05. The number of pyridine rings is 1. The Balaban J connectivity index is 2.86. The number of rotatable bonds is 0. The molecule has 0 atom stereocenters. The molecule has 0 amide bonds. The van der Waals surface area contributed by atoms with Gasteiger partial charge in [0.2, 0.25) is 0 Å². The maximum atomic E-state index is 8.78. The molecular formula is C8H4BrN3S. The number of nitrogens with zero attached hydrogens (tertiary/aromatic N) is 3. The van der Waals surface area contributed by atoms with Crippen molar-refractivity contribution in [3.05, 3.63) is 21.1 Å². The number of halogens is 1. The SMILES string of the molecule is Cc1nc2nsc(Br)c2cc1C#N. The average Bonchev–Trinajstić information content (AvgIpc) is 2.46. The van der Waals surface area contributed by atoms with E-state index >= 15 is 0 Å². The van der Waals surface area contributed by atoms with Crippen LogP contribution in [-0.2, 0) is 0 Å². The quantitative estimate of drug-likeness (QED) is 0.726. The van der Waals surface area contributed by atoms with Gasteiger partial charge in [-0.3, -0.25) is 0 Å². The van der Waals surface area contributed by atoms with E-state index in [0.717, 1.165) is 14.9 Å². The fourth-order valence-corrected chi connectivity index (χ4v) is 2.12. The first-order valence-electron chi connectivity index (χ1n) is 3.55. The highest BCUT2D eigenvalue weighted by Crippen LogP contribution is 2.27. The Morgan fingerprint density at radius 3 is 3.08 bits per heavy atom. The van der Waals surface area contributed by atoms with E-state index in [4.69, 9.17) is 5.26 Å². The van der Waals surface area contributed by atoms with Crippen molar-refractivity contribution < 1.29 is 0 Å². The van der Waals surface area contributed by atoms with Gasteiger partial charge in [0.1, 0.15) is 9.86 Å². The van der Waals surface area contributed by atoms with Gasteiger partial charge in [-0.05, 0) is 40.5 Å². The fourth-order valence-electron chi connectivity index (χ4n) is 1.05. The number of hydrogen-bond donors (Lipinski definition) is 0. The van der Waals surface area contributed by atoms with E-state index in [1.807, 2.05) is 13.0 Å². The van der Waals surface area contributed by atoms with Crippen molar-refractivity contribution >= 4 is 38.5 Å². The lowest BCUT2D eigenvalue weighted by Gasteiger charge is -1.94. The molecule has 2 aromatic heterocycles. The third kappa shape index (κ3) is 1.32. The van der Waals surface area contributed by atoms with E-state index in [-0.39, 0.29) is 0 Å². The molecule has 0 aliphatic heterocycles. The van der Waals surface area contributed by atoms with Gasteiger partial charge in [-0.15, -0.1) is 0 Å². The molecule has 0 bridgehead atoms. The molecule has 5 heteroatoms. The predicted molar refractivity (Wildman–Crippen MR) is 54.6 cm³/mol. The van der Waals surface area contributed by atoms with E-state index < -0.39 is 0 Å². The standard InChI is InChI=1S/C8H4BrN3S/c1-4-5(3-10)2-6-7(9)13-12-8(6)11-4/h2H,1H3. The summed E-state index contributed by atoms with van der Waals surface area (Å²) in [5.74, 6) is 0. The van der Waals surface area contributed by atoms with Gasteiger partial charge in [-0.1, -0.05) is 0 Å². The zero-order valence-corrected chi connectivity index (χ0v) is 9.11. The van der Waals surface area contributed by atoms with Crippen LogP contribution in [0.4, 0.5) is 0 Å². The molecule has 0 radical (unpaired) electrons. The minimum Gasteiger partial charge on any atom is -0.231 e. The fraction of sp³-hybridized carbons (Fsp3) is 0.125. The summed E-state index contributed by atoms with van der Waals surface area (Å²) in [7, 11) is 0. The summed E-state index contributed by atoms with van der Waals surface area (Å²) in [5, 5.41) is 9.69. The molecule has 0 N–H and O–H groups in total. The van der Waals surface area contributed by atoms with Crippen LogP contribution in [0.1, 0.15) is 11.3 Å². The monoisotopic (exact) mass is 253 g/mol. The Kier molecular flexibility index (Phi) is 2.02. The molecule has 13 heavy (non-hydrogen) atoms. The Morgan fingerprint density at radius 2 is 2.38 bits per heavy atom. The molecule has 2 aromatic rings. The molecule has 3 nitrogen and oxygen atoms in total. The van der Waals surface area contributed by atoms with Crippen LogP contribution in [0.2, 0.25) is 0 Å². The largest absolute Gasteiger partial charge is 0.231 e. The summed E-state index contributed by atoms with van der Waals surface area (Å²) in [6.45, 7) is 1.81. The maximum Gasteiger partial charge on any atom is 0.174 e. The lowest BCUT2D eigenvalue weighted by molar-refractivity contribution is 1.21. The Bertz CT molecular complexity index is 512. The Hall–Kier alpha value is -0.990. The summed E-state index contributed by atoms with van der Waals surface area (Å²) in [4.78, 5) is 4.21. The van der Waals surface area contributed by atoms with Crippen molar-refractivity contribution in [3.63, 3.8) is 0 Å². The molecule has 0 fully saturated rings. The number of nitriles is 1. The average molecular weight is 254 g/mol. The minimum atomic E-state index is 0.605. The molecule has 0 aromatic carbocycles. The van der Waals surface area contributed by atoms with Gasteiger partial charge < -0.3 is 0 Å². The van der Waals surface area contributed by atoms with Crippen LogP contribution in [-0.4, -0.2) is 9.36 Å². The molecule has 0 saturated carbocycles. The molecule has 0 unspecified atom stereocenters. The summed E-state index contributed by atoms with van der Waals surface area (Å²) in [5.41, 5.74) is 2.04. The van der Waals surface area contributed by atoms with E-state index in [2.05, 4.69) is 31.4 Å². The van der Waals surface area contributed by atoms with Gasteiger partial charge in [0.05, 0.1) is 11.3 Å². The first kappa shape index (κ1) is 8.60. The van der Waals surface area contributed by atoms with Crippen LogP contribution in [0, 0.1) is 18.3 Å². The van der Waals surface area contributed by atoms with Crippen LogP contribution in [0.5, 0.6) is 0 Å². The maximum absolute atomic E-state index is 8.78. The summed E-state index contributed by atoms with van der Waals surface area (Å²) >= 11 is 4.70. The highest BCUT2D eigenvalue weighted by atomic mass is 79.9. The van der Waals surface area contributed by atoms with Crippen LogP contribution < -0.4 is 0 Å². The number of aryl methyl sites for hydroxylation is 1. The number of fused-ring (bicyclic) bond motifs is 1. The van der Waals surface area contributed by atoms with E-state index in [1.54, 1.807) is 0 Å². The van der Waals surface area contributed by atoms with Gasteiger partial charge in [0.25, 0.3) is 0 Å². The molecule has 0 aliphatic rings. The van der Waals surface area contributed by atoms with E-state index in [0.29, 0.717) is 11.2 Å². The van der Waals surface area contributed by atoms with Crippen LogP contribution in [0.3, 0.4) is 0 Å². The highest BCUT2D eigenvalue weighted by molar-refractivity contribution is 9.11. The molecule has 2 rings (SSSR count). The highest BCUT2D eigenvalue weighted by Gasteiger charge is 2.08. The van der Waals surface area contributed by atoms with Gasteiger partial charge in [-0.25, -0.2) is 4.98 Å². The minimum absolute atomic E-state index is 0.605. The second-order valence-corrected chi connectivity index (χ2v) is 4.65. The molecule has 2 heterocycles. The van der Waals surface area contributed by atoms with E-state index in [1.165, 1.54) is 11.5 Å². The van der Waals surface area contributed by atoms with Gasteiger partial charge in [-0.2, -0.15) is 9.64 Å². The lowest BCUT2D eigenvalue weighted by Crippen LogP contribution is -1.87. The first-order valence-corrected chi connectivity index (χ1v) is 5.11. The van der Waals surface area contributed by atoms with Crippen molar-refractivity contribution in [1.29, 1.82) is 5.26 Å². The third-order valence-corrected chi connectivity index (χ3v) is 3.24. The van der Waals surface area contributed by atoms with Crippen LogP contribution in [0.15, 0.2) is 9.85 Å². The summed E-state index contributed by atoms with van der Waals surface area (Å²) in [6.07, 6.45) is 0. The van der Waals surface area contributed by atoms with Crippen molar-refractivity contribution in [3.8, 4) is 6.07 Å². The van der Waals surface area contributed by atoms with Crippen molar-refractivity contribution in [2.75, 3.05) is 0 Å². The lowest BCUT2D eigenvalue weighted by atomic mass is 10.2. The van der Waals surface area contributed by atoms with Crippen molar-refractivity contribution in [2.45, 2.75) is 6.92 Å². The van der Waals surface area contributed by atoms with E-state index in [9.17, 15) is 0 Å². The van der Waals surface area contributed by atoms with Gasteiger partial charge in [0.15, 0.2) is 5.65 Å². The predicted octanol–water partition coefficient (Wildman–Crippen LogP) is 2.63. The zero-order valence-electron chi connectivity index (χ0n) is 6.71. The number of aromatic nitrogens is 2. The Labute approximate surface area is 87.3 Å². The smallest absolute Gasteiger partial charge is 0.174 e. The van der Waals surface area contributed by atoms with Crippen LogP contribution >= 0.6 is 27.5 Å². The van der Waals surface area contributed by atoms with Gasteiger partial charge in [0, 0.05) is 5.39 Å². The van der Waals surface area contributed by atoms with Crippen molar-refractivity contribution in [1.82, 2.24) is 9.36 Å². The Morgan fingerprint density at radius 1 is 1.62 bits per heavy atom. The normalized spacial score (nSPS) is 10.2. The third-order valence-electron chi connectivity index (χ3n) is 1.74. The topological polar surface area (TPSA) is 49.6 Å². The number of hydrogen-bond acceptors (Lipinski definition) is 4. The van der Waals surface area contributed by atoms with Crippen molar-refractivity contribution in [2.24, 2.45) is 0 Å². The summed E-state index contributed by atoms with van der Waals surface area (Å²) in [6, 6.07) is 3.91. The molecule has 0 spiro atoms. The van der Waals surface area contributed by atoms with Gasteiger partial charge >= 0.3 is 0 Å².